The Morgan fingerprint density at radius 1 is 1.10 bits per heavy atom. The third-order valence-corrected chi connectivity index (χ3v) is 3.77. The van der Waals surface area contributed by atoms with Crippen LogP contribution in [0.4, 0.5) is 5.69 Å². The summed E-state index contributed by atoms with van der Waals surface area (Å²) in [5.41, 5.74) is 8.22. The average Bonchev–Trinajstić information content (AvgIpc) is 2.49. The molecular formula is C20H21N. The predicted molar refractivity (Wildman–Crippen MR) is 93.4 cm³/mol. The third-order valence-electron chi connectivity index (χ3n) is 3.77. The van der Waals surface area contributed by atoms with Gasteiger partial charge in [0.05, 0.1) is 0 Å². The van der Waals surface area contributed by atoms with E-state index in [1.807, 2.05) is 13.1 Å². The molecular weight excluding hydrogens is 254 g/mol. The summed E-state index contributed by atoms with van der Waals surface area (Å²) in [6.07, 6.45) is 7.70. The molecule has 0 bridgehead atoms. The molecule has 1 heteroatoms. The van der Waals surface area contributed by atoms with Crippen molar-refractivity contribution in [1.82, 2.24) is 0 Å². The van der Waals surface area contributed by atoms with E-state index in [1.165, 1.54) is 27.8 Å². The largest absolute Gasteiger partial charge is 0.388 e. The molecule has 0 saturated carbocycles. The lowest BCUT2D eigenvalue weighted by Gasteiger charge is -2.10. The van der Waals surface area contributed by atoms with Crippen molar-refractivity contribution < 1.29 is 0 Å². The van der Waals surface area contributed by atoms with Crippen LogP contribution in [0.3, 0.4) is 0 Å². The maximum Gasteiger partial charge on any atom is 0.0343 e. The Morgan fingerprint density at radius 3 is 2.48 bits per heavy atom. The number of rotatable bonds is 3. The lowest BCUT2D eigenvalue weighted by Crippen LogP contribution is -1.92. The van der Waals surface area contributed by atoms with Gasteiger partial charge in [-0.1, -0.05) is 24.1 Å². The second-order valence-electron chi connectivity index (χ2n) is 5.32. The summed E-state index contributed by atoms with van der Waals surface area (Å²) in [7, 11) is 1.94. The second kappa shape index (κ2) is 6.33. The summed E-state index contributed by atoms with van der Waals surface area (Å²) in [5.74, 6) is 2.70. The molecule has 21 heavy (non-hydrogen) atoms. The maximum absolute atomic E-state index is 5.49. The van der Waals surface area contributed by atoms with E-state index in [-0.39, 0.29) is 0 Å². The van der Waals surface area contributed by atoms with Crippen molar-refractivity contribution in [3.8, 4) is 12.3 Å². The van der Waals surface area contributed by atoms with Crippen molar-refractivity contribution in [2.24, 2.45) is 0 Å². The Hall–Kier alpha value is -2.46. The lowest BCUT2D eigenvalue weighted by atomic mass is 9.97. The van der Waals surface area contributed by atoms with E-state index >= 15 is 0 Å². The van der Waals surface area contributed by atoms with E-state index in [4.69, 9.17) is 6.42 Å². The van der Waals surface area contributed by atoms with Gasteiger partial charge in [-0.3, -0.25) is 0 Å². The summed E-state index contributed by atoms with van der Waals surface area (Å²) in [6, 6.07) is 12.5. The highest BCUT2D eigenvalue weighted by Gasteiger charge is 2.04. The van der Waals surface area contributed by atoms with Crippen LogP contribution in [0, 0.1) is 26.2 Å². The highest BCUT2D eigenvalue weighted by Crippen LogP contribution is 2.25. The highest BCUT2D eigenvalue weighted by molar-refractivity contribution is 5.83. The van der Waals surface area contributed by atoms with Crippen molar-refractivity contribution in [1.29, 1.82) is 0 Å². The standard InChI is InChI=1S/C20H21N/c1-6-17-9-7-14(2)18(12-17)11-16(4)20-13-19(21-5)10-8-15(20)3/h1,7-13,21H,2-5H3/b16-11+. The molecule has 0 spiro atoms. The first-order chi connectivity index (χ1) is 10.0. The van der Waals surface area contributed by atoms with Gasteiger partial charge < -0.3 is 5.32 Å². The molecule has 2 aromatic carbocycles. The van der Waals surface area contributed by atoms with E-state index in [0.29, 0.717) is 0 Å². The van der Waals surface area contributed by atoms with Crippen LogP contribution in [0.5, 0.6) is 0 Å². The molecule has 0 aliphatic carbocycles. The van der Waals surface area contributed by atoms with Gasteiger partial charge in [0.2, 0.25) is 0 Å². The van der Waals surface area contributed by atoms with E-state index < -0.39 is 0 Å². The van der Waals surface area contributed by atoms with Gasteiger partial charge in [0.15, 0.2) is 0 Å². The molecule has 0 aliphatic rings. The van der Waals surface area contributed by atoms with Crippen LogP contribution in [0.2, 0.25) is 0 Å². The molecule has 0 atom stereocenters. The molecule has 2 rings (SSSR count). The van der Waals surface area contributed by atoms with Crippen LogP contribution < -0.4 is 5.32 Å². The number of benzene rings is 2. The summed E-state index contributed by atoms with van der Waals surface area (Å²) < 4.78 is 0. The first-order valence-corrected chi connectivity index (χ1v) is 7.09. The Balaban J connectivity index is 2.49. The number of hydrogen-bond acceptors (Lipinski definition) is 1. The molecule has 0 radical (unpaired) electrons. The van der Waals surface area contributed by atoms with Gasteiger partial charge in [-0.15, -0.1) is 6.42 Å². The first kappa shape index (κ1) is 14.9. The Bertz CT molecular complexity index is 730. The molecule has 106 valence electrons. The van der Waals surface area contributed by atoms with Crippen molar-refractivity contribution >= 4 is 17.3 Å². The van der Waals surface area contributed by atoms with Crippen LogP contribution >= 0.6 is 0 Å². The summed E-state index contributed by atoms with van der Waals surface area (Å²) in [5, 5.41) is 3.19. The highest BCUT2D eigenvalue weighted by atomic mass is 14.8. The van der Waals surface area contributed by atoms with Crippen molar-refractivity contribution in [3.05, 3.63) is 64.2 Å². The zero-order valence-corrected chi connectivity index (χ0v) is 13.1. The predicted octanol–water partition coefficient (Wildman–Crippen LogP) is 4.89. The minimum Gasteiger partial charge on any atom is -0.388 e. The van der Waals surface area contributed by atoms with Gasteiger partial charge in [0.25, 0.3) is 0 Å². The molecule has 0 heterocycles. The second-order valence-corrected chi connectivity index (χ2v) is 5.32. The van der Waals surface area contributed by atoms with Crippen LogP contribution in [-0.4, -0.2) is 7.05 Å². The molecule has 1 nitrogen and oxygen atoms in total. The lowest BCUT2D eigenvalue weighted by molar-refractivity contribution is 1.38. The average molecular weight is 275 g/mol. The van der Waals surface area contributed by atoms with Gasteiger partial charge in [0, 0.05) is 18.3 Å². The normalized spacial score (nSPS) is 11.1. The van der Waals surface area contributed by atoms with Crippen molar-refractivity contribution in [2.45, 2.75) is 20.8 Å². The first-order valence-electron chi connectivity index (χ1n) is 7.09. The summed E-state index contributed by atoms with van der Waals surface area (Å²) in [4.78, 5) is 0. The molecule has 1 N–H and O–H groups in total. The molecule has 0 amide bonds. The van der Waals surface area contributed by atoms with E-state index in [0.717, 1.165) is 11.3 Å². The third kappa shape index (κ3) is 3.35. The zero-order chi connectivity index (χ0) is 15.4. The zero-order valence-electron chi connectivity index (χ0n) is 13.1. The fourth-order valence-electron chi connectivity index (χ4n) is 2.40. The van der Waals surface area contributed by atoms with Gasteiger partial charge in [-0.05, 0) is 72.9 Å². The van der Waals surface area contributed by atoms with Gasteiger partial charge in [0.1, 0.15) is 0 Å². The van der Waals surface area contributed by atoms with Crippen molar-refractivity contribution in [3.63, 3.8) is 0 Å². The number of anilines is 1. The van der Waals surface area contributed by atoms with E-state index in [1.54, 1.807) is 0 Å². The number of aryl methyl sites for hydroxylation is 2. The van der Waals surface area contributed by atoms with Crippen LogP contribution in [-0.2, 0) is 0 Å². The number of allylic oxidation sites excluding steroid dienone is 1. The SMILES string of the molecule is C#Cc1ccc(C)c(/C=C(\C)c2cc(NC)ccc2C)c1. The molecule has 0 saturated heterocycles. The molecule has 0 unspecified atom stereocenters. The van der Waals surface area contributed by atoms with Gasteiger partial charge in [-0.2, -0.15) is 0 Å². The molecule has 0 aromatic heterocycles. The number of hydrogen-bond donors (Lipinski definition) is 1. The minimum absolute atomic E-state index is 0.917. The maximum atomic E-state index is 5.49. The van der Waals surface area contributed by atoms with Gasteiger partial charge in [-0.25, -0.2) is 0 Å². The fraction of sp³-hybridized carbons (Fsp3) is 0.200. The minimum atomic E-state index is 0.917. The van der Waals surface area contributed by atoms with Crippen LogP contribution in [0.15, 0.2) is 36.4 Å². The monoisotopic (exact) mass is 275 g/mol. The smallest absolute Gasteiger partial charge is 0.0343 e. The van der Waals surface area contributed by atoms with Crippen LogP contribution in [0.1, 0.15) is 34.7 Å². The number of terminal acetylenes is 1. The Labute approximate surface area is 127 Å². The number of nitrogens with one attached hydrogen (secondary N) is 1. The molecule has 0 aliphatic heterocycles. The van der Waals surface area contributed by atoms with E-state index in [2.05, 4.69) is 68.4 Å². The van der Waals surface area contributed by atoms with E-state index in [9.17, 15) is 0 Å². The molecule has 2 aromatic rings. The topological polar surface area (TPSA) is 12.0 Å². The quantitative estimate of drug-likeness (QED) is 0.621. The van der Waals surface area contributed by atoms with Crippen molar-refractivity contribution in [2.75, 3.05) is 12.4 Å². The Kier molecular flexibility index (Phi) is 4.50. The fourth-order valence-corrected chi connectivity index (χ4v) is 2.40. The Morgan fingerprint density at radius 2 is 1.81 bits per heavy atom. The summed E-state index contributed by atoms with van der Waals surface area (Å²) >= 11 is 0. The summed E-state index contributed by atoms with van der Waals surface area (Å²) in [6.45, 7) is 6.39. The van der Waals surface area contributed by atoms with Crippen LogP contribution in [0.25, 0.3) is 11.6 Å². The van der Waals surface area contributed by atoms with Gasteiger partial charge >= 0.3 is 0 Å². The molecule has 0 fully saturated rings.